The van der Waals surface area contributed by atoms with Crippen molar-refractivity contribution in [3.63, 3.8) is 0 Å². The molecular formula is C19H30N4O. The first-order valence-electron chi connectivity index (χ1n) is 8.59. The number of aliphatic imine (C=N–C) groups is 1. The number of guanidine groups is 1. The monoisotopic (exact) mass is 330 g/mol. The lowest BCUT2D eigenvalue weighted by atomic mass is 10.1. The Morgan fingerprint density at radius 2 is 2.08 bits per heavy atom. The molecule has 132 valence electrons. The number of nitrogens with zero attached hydrogens (tertiary/aromatic N) is 1. The average Bonchev–Trinajstić information content (AvgIpc) is 2.97. The number of H-pyrrole nitrogens is 1. The molecule has 0 aliphatic carbocycles. The third-order valence-corrected chi connectivity index (χ3v) is 4.20. The van der Waals surface area contributed by atoms with Gasteiger partial charge in [0, 0.05) is 37.3 Å². The predicted octanol–water partition coefficient (Wildman–Crippen LogP) is 3.00. The number of aryl methyl sites for hydroxylation is 1. The molecule has 1 aromatic heterocycles. The molecule has 2 rings (SSSR count). The van der Waals surface area contributed by atoms with E-state index in [0.29, 0.717) is 6.54 Å². The Hall–Kier alpha value is -2.01. The summed E-state index contributed by atoms with van der Waals surface area (Å²) in [5, 5.41) is 8.03. The fraction of sp³-hybridized carbons (Fsp3) is 0.526. The highest BCUT2D eigenvalue weighted by Crippen LogP contribution is 2.22. The van der Waals surface area contributed by atoms with Crippen molar-refractivity contribution >= 4 is 16.9 Å². The number of hydrogen-bond donors (Lipinski definition) is 3. The van der Waals surface area contributed by atoms with Crippen molar-refractivity contribution in [2.24, 2.45) is 4.99 Å². The van der Waals surface area contributed by atoms with E-state index in [1.54, 1.807) is 7.11 Å². The van der Waals surface area contributed by atoms with Gasteiger partial charge in [-0.25, -0.2) is 0 Å². The lowest BCUT2D eigenvalue weighted by molar-refractivity contribution is 0.0310. The van der Waals surface area contributed by atoms with Gasteiger partial charge in [-0.1, -0.05) is 12.1 Å². The summed E-state index contributed by atoms with van der Waals surface area (Å²) in [6.45, 7) is 10.6. The zero-order valence-electron chi connectivity index (χ0n) is 15.5. The molecule has 0 saturated carbocycles. The van der Waals surface area contributed by atoms with Crippen LogP contribution in [0.5, 0.6) is 0 Å². The van der Waals surface area contributed by atoms with E-state index in [1.165, 1.54) is 22.0 Å². The lowest BCUT2D eigenvalue weighted by Gasteiger charge is -2.21. The van der Waals surface area contributed by atoms with Crippen molar-refractivity contribution < 1.29 is 4.74 Å². The topological polar surface area (TPSA) is 61.4 Å². The zero-order chi connectivity index (χ0) is 17.6. The van der Waals surface area contributed by atoms with Crippen LogP contribution in [0, 0.1) is 6.92 Å². The maximum atomic E-state index is 5.42. The van der Waals surface area contributed by atoms with E-state index in [2.05, 4.69) is 58.9 Å². The van der Waals surface area contributed by atoms with Crippen molar-refractivity contribution in [2.45, 2.75) is 39.7 Å². The minimum atomic E-state index is -0.254. The molecule has 24 heavy (non-hydrogen) atoms. The third-order valence-electron chi connectivity index (χ3n) is 4.20. The molecule has 0 amide bonds. The maximum Gasteiger partial charge on any atom is 0.191 e. The van der Waals surface area contributed by atoms with Crippen LogP contribution in [0.3, 0.4) is 0 Å². The predicted molar refractivity (Wildman–Crippen MR) is 102 cm³/mol. The van der Waals surface area contributed by atoms with Gasteiger partial charge in [0.25, 0.3) is 0 Å². The van der Waals surface area contributed by atoms with E-state index in [-0.39, 0.29) is 5.60 Å². The number of nitrogens with one attached hydrogen (secondary N) is 3. The van der Waals surface area contributed by atoms with Gasteiger partial charge in [0.2, 0.25) is 0 Å². The van der Waals surface area contributed by atoms with Gasteiger partial charge in [0.05, 0.1) is 12.1 Å². The van der Waals surface area contributed by atoms with Gasteiger partial charge in [0.15, 0.2) is 5.96 Å². The second kappa shape index (κ2) is 8.20. The fourth-order valence-electron chi connectivity index (χ4n) is 2.64. The molecule has 0 radical (unpaired) electrons. The Morgan fingerprint density at radius 3 is 2.79 bits per heavy atom. The first-order chi connectivity index (χ1) is 11.5. The minimum absolute atomic E-state index is 0.254. The number of aromatic amines is 1. The Balaban J connectivity index is 1.98. The van der Waals surface area contributed by atoms with E-state index in [4.69, 9.17) is 4.74 Å². The first-order valence-corrected chi connectivity index (χ1v) is 8.59. The molecular weight excluding hydrogens is 300 g/mol. The Labute approximate surface area is 144 Å². The highest BCUT2D eigenvalue weighted by Gasteiger charge is 2.15. The maximum absolute atomic E-state index is 5.42. The van der Waals surface area contributed by atoms with Crippen molar-refractivity contribution in [2.75, 3.05) is 26.7 Å². The molecule has 0 saturated heterocycles. The standard InChI is InChI=1S/C19H30N4O/c1-6-20-18(23-13-19(3,4)24-5)21-11-10-15-12-22-16-9-7-8-14(2)17(15)16/h7-9,12,22H,6,10-11,13H2,1-5H3,(H2,20,21,23). The molecule has 0 fully saturated rings. The lowest BCUT2D eigenvalue weighted by Crippen LogP contribution is -2.40. The first kappa shape index (κ1) is 18.3. The van der Waals surface area contributed by atoms with Crippen LogP contribution in [-0.2, 0) is 11.2 Å². The van der Waals surface area contributed by atoms with E-state index >= 15 is 0 Å². The van der Waals surface area contributed by atoms with Crippen molar-refractivity contribution in [1.82, 2.24) is 15.6 Å². The largest absolute Gasteiger partial charge is 0.377 e. The highest BCUT2D eigenvalue weighted by atomic mass is 16.5. The molecule has 0 aliphatic heterocycles. The summed E-state index contributed by atoms with van der Waals surface area (Å²) in [6, 6.07) is 6.37. The normalized spacial score (nSPS) is 12.6. The number of ether oxygens (including phenoxy) is 1. The number of hydrogen-bond acceptors (Lipinski definition) is 2. The molecule has 0 bridgehead atoms. The summed E-state index contributed by atoms with van der Waals surface area (Å²) in [7, 11) is 1.72. The van der Waals surface area contributed by atoms with E-state index in [1.807, 2.05) is 13.8 Å². The van der Waals surface area contributed by atoms with Crippen molar-refractivity contribution in [1.29, 1.82) is 0 Å². The van der Waals surface area contributed by atoms with Crippen LogP contribution in [-0.4, -0.2) is 43.3 Å². The Bertz CT molecular complexity index is 688. The Kier molecular flexibility index (Phi) is 6.26. The third kappa shape index (κ3) is 4.74. The smallest absolute Gasteiger partial charge is 0.191 e. The van der Waals surface area contributed by atoms with Crippen LogP contribution in [0.1, 0.15) is 31.9 Å². The summed E-state index contributed by atoms with van der Waals surface area (Å²) < 4.78 is 5.42. The van der Waals surface area contributed by atoms with Gasteiger partial charge in [-0.3, -0.25) is 4.99 Å². The molecule has 5 heteroatoms. The van der Waals surface area contributed by atoms with E-state index in [0.717, 1.165) is 25.5 Å². The molecule has 0 aliphatic rings. The number of rotatable bonds is 7. The van der Waals surface area contributed by atoms with Gasteiger partial charge in [0.1, 0.15) is 0 Å². The summed E-state index contributed by atoms with van der Waals surface area (Å²) in [5.74, 6) is 0.833. The summed E-state index contributed by atoms with van der Waals surface area (Å²) in [5.41, 5.74) is 3.60. The number of benzene rings is 1. The average molecular weight is 330 g/mol. The molecule has 1 heterocycles. The summed E-state index contributed by atoms with van der Waals surface area (Å²) in [4.78, 5) is 7.97. The van der Waals surface area contributed by atoms with Crippen LogP contribution in [0.15, 0.2) is 29.4 Å². The van der Waals surface area contributed by atoms with Gasteiger partial charge < -0.3 is 20.4 Å². The van der Waals surface area contributed by atoms with Crippen LogP contribution in [0.25, 0.3) is 10.9 Å². The summed E-state index contributed by atoms with van der Waals surface area (Å²) in [6.07, 6.45) is 3.06. The SMILES string of the molecule is CCNC(=NCC(C)(C)OC)NCCc1c[nH]c2cccc(C)c12. The van der Waals surface area contributed by atoms with Crippen LogP contribution >= 0.6 is 0 Å². The molecule has 3 N–H and O–H groups in total. The molecule has 5 nitrogen and oxygen atoms in total. The van der Waals surface area contributed by atoms with Crippen molar-refractivity contribution in [3.05, 3.63) is 35.5 Å². The number of aromatic nitrogens is 1. The molecule has 0 unspecified atom stereocenters. The van der Waals surface area contributed by atoms with Crippen LogP contribution in [0.2, 0.25) is 0 Å². The molecule has 2 aromatic rings. The quantitative estimate of drug-likeness (QED) is 0.540. The molecule has 0 atom stereocenters. The van der Waals surface area contributed by atoms with Crippen LogP contribution in [0.4, 0.5) is 0 Å². The van der Waals surface area contributed by atoms with Crippen molar-refractivity contribution in [3.8, 4) is 0 Å². The van der Waals surface area contributed by atoms with Crippen LogP contribution < -0.4 is 10.6 Å². The molecule has 0 spiro atoms. The second-order valence-electron chi connectivity index (χ2n) is 6.65. The second-order valence-corrected chi connectivity index (χ2v) is 6.65. The van der Waals surface area contributed by atoms with Gasteiger partial charge >= 0.3 is 0 Å². The number of fused-ring (bicyclic) bond motifs is 1. The highest BCUT2D eigenvalue weighted by molar-refractivity contribution is 5.86. The Morgan fingerprint density at radius 1 is 1.29 bits per heavy atom. The van der Waals surface area contributed by atoms with Gasteiger partial charge in [-0.2, -0.15) is 0 Å². The summed E-state index contributed by atoms with van der Waals surface area (Å²) >= 11 is 0. The van der Waals surface area contributed by atoms with E-state index < -0.39 is 0 Å². The van der Waals surface area contributed by atoms with E-state index in [9.17, 15) is 0 Å². The van der Waals surface area contributed by atoms with Gasteiger partial charge in [-0.05, 0) is 51.3 Å². The number of methoxy groups -OCH3 is 1. The van der Waals surface area contributed by atoms with Gasteiger partial charge in [-0.15, -0.1) is 0 Å². The minimum Gasteiger partial charge on any atom is -0.377 e. The fourth-order valence-corrected chi connectivity index (χ4v) is 2.64. The molecule has 1 aromatic carbocycles. The zero-order valence-corrected chi connectivity index (χ0v) is 15.5.